The monoisotopic (exact) mass is 309 g/mol. The molecule has 118 valence electrons. The van der Waals surface area contributed by atoms with Crippen LogP contribution in [-0.2, 0) is 31.0 Å². The Bertz CT molecular complexity index is 759. The Labute approximate surface area is 135 Å². The Morgan fingerprint density at radius 2 is 2.26 bits per heavy atom. The van der Waals surface area contributed by atoms with Gasteiger partial charge in [-0.15, -0.1) is 0 Å². The lowest BCUT2D eigenvalue weighted by Gasteiger charge is -2.27. The third-order valence-corrected chi connectivity index (χ3v) is 3.91. The van der Waals surface area contributed by atoms with Crippen molar-refractivity contribution in [3.05, 3.63) is 52.8 Å². The Hall–Kier alpha value is -2.65. The van der Waals surface area contributed by atoms with Gasteiger partial charge < -0.3 is 5.32 Å². The van der Waals surface area contributed by atoms with Gasteiger partial charge in [0.1, 0.15) is 0 Å². The largest absolute Gasteiger partial charge is 0.351 e. The molecule has 0 radical (unpaired) electrons. The van der Waals surface area contributed by atoms with Crippen LogP contribution < -0.4 is 5.32 Å². The molecular weight excluding hydrogens is 290 g/mol. The number of benzene rings is 1. The van der Waals surface area contributed by atoms with Gasteiger partial charge in [-0.3, -0.25) is 14.4 Å². The van der Waals surface area contributed by atoms with E-state index in [1.165, 1.54) is 6.92 Å². The molecule has 6 heteroatoms. The second-order valence-corrected chi connectivity index (χ2v) is 5.78. The fourth-order valence-electron chi connectivity index (χ4n) is 2.81. The van der Waals surface area contributed by atoms with Crippen LogP contribution in [0.25, 0.3) is 0 Å². The van der Waals surface area contributed by atoms with Gasteiger partial charge in [0.2, 0.25) is 5.91 Å². The minimum Gasteiger partial charge on any atom is -0.351 e. The van der Waals surface area contributed by atoms with Gasteiger partial charge in [0.15, 0.2) is 0 Å². The zero-order valence-electron chi connectivity index (χ0n) is 13.1. The molecule has 23 heavy (non-hydrogen) atoms. The molecule has 3 rings (SSSR count). The Morgan fingerprint density at radius 3 is 3.04 bits per heavy atom. The second kappa shape index (κ2) is 6.63. The molecule has 2 heterocycles. The minimum atomic E-state index is -0.0463. The van der Waals surface area contributed by atoms with Crippen LogP contribution in [0.3, 0.4) is 0 Å². The molecule has 6 nitrogen and oxygen atoms in total. The summed E-state index contributed by atoms with van der Waals surface area (Å²) in [4.78, 5) is 13.3. The minimum absolute atomic E-state index is 0.0463. The maximum atomic E-state index is 11.0. The molecule has 0 saturated carbocycles. The van der Waals surface area contributed by atoms with E-state index < -0.39 is 0 Å². The molecule has 0 bridgehead atoms. The van der Waals surface area contributed by atoms with Gasteiger partial charge in [-0.2, -0.15) is 10.4 Å². The molecule has 1 aliphatic heterocycles. The number of carbonyl (C=O) groups excluding carboxylic acids is 1. The quantitative estimate of drug-likeness (QED) is 0.926. The van der Waals surface area contributed by atoms with Gasteiger partial charge in [0, 0.05) is 26.6 Å². The fourth-order valence-corrected chi connectivity index (χ4v) is 2.81. The third-order valence-electron chi connectivity index (χ3n) is 3.91. The van der Waals surface area contributed by atoms with Crippen molar-refractivity contribution in [1.29, 1.82) is 5.26 Å². The molecule has 2 aromatic rings. The normalized spacial score (nSPS) is 14.1. The third kappa shape index (κ3) is 3.76. The molecule has 0 saturated heterocycles. The zero-order chi connectivity index (χ0) is 16.2. The molecule has 1 aromatic heterocycles. The van der Waals surface area contributed by atoms with Crippen molar-refractivity contribution in [2.45, 2.75) is 33.1 Å². The average molecular weight is 309 g/mol. The highest BCUT2D eigenvalue weighted by molar-refractivity contribution is 5.72. The number of carbonyl (C=O) groups is 1. The summed E-state index contributed by atoms with van der Waals surface area (Å²) in [6, 6.07) is 12.0. The van der Waals surface area contributed by atoms with E-state index >= 15 is 0 Å². The lowest BCUT2D eigenvalue weighted by molar-refractivity contribution is -0.119. The standard InChI is InChI=1S/C17H19N5O/c1-13(23)19-10-16-8-17-12-21(5-6-22(17)20-16)11-15-4-2-3-14(7-15)9-18/h2-4,7-8H,5-6,10-12H2,1H3,(H,19,23). The van der Waals surface area contributed by atoms with Crippen molar-refractivity contribution in [3.63, 3.8) is 0 Å². The van der Waals surface area contributed by atoms with Gasteiger partial charge in [-0.25, -0.2) is 0 Å². The number of hydrogen-bond acceptors (Lipinski definition) is 4. The Kier molecular flexibility index (Phi) is 4.40. The van der Waals surface area contributed by atoms with Crippen LogP contribution in [0.1, 0.15) is 29.4 Å². The number of aromatic nitrogens is 2. The SMILES string of the molecule is CC(=O)NCc1cc2n(n1)CCN(Cc1cccc(C#N)c1)C2. The summed E-state index contributed by atoms with van der Waals surface area (Å²) < 4.78 is 2.01. The summed E-state index contributed by atoms with van der Waals surface area (Å²) in [5.74, 6) is -0.0463. The van der Waals surface area contributed by atoms with E-state index in [-0.39, 0.29) is 5.91 Å². The fraction of sp³-hybridized carbons (Fsp3) is 0.353. The molecule has 1 aromatic carbocycles. The molecule has 0 fully saturated rings. The number of fused-ring (bicyclic) bond motifs is 1. The van der Waals surface area contributed by atoms with E-state index in [9.17, 15) is 4.79 Å². The summed E-state index contributed by atoms with van der Waals surface area (Å²) in [5, 5.41) is 16.3. The van der Waals surface area contributed by atoms with Crippen molar-refractivity contribution in [3.8, 4) is 6.07 Å². The summed E-state index contributed by atoms with van der Waals surface area (Å²) in [5.41, 5.74) is 3.90. The van der Waals surface area contributed by atoms with E-state index in [4.69, 9.17) is 5.26 Å². The molecule has 0 spiro atoms. The van der Waals surface area contributed by atoms with E-state index in [0.717, 1.165) is 43.1 Å². The summed E-state index contributed by atoms with van der Waals surface area (Å²) in [7, 11) is 0. The molecule has 0 atom stereocenters. The predicted octanol–water partition coefficient (Wildman–Crippen LogP) is 1.41. The van der Waals surface area contributed by atoms with Gasteiger partial charge >= 0.3 is 0 Å². The van der Waals surface area contributed by atoms with Gasteiger partial charge in [-0.1, -0.05) is 12.1 Å². The second-order valence-electron chi connectivity index (χ2n) is 5.78. The first-order valence-corrected chi connectivity index (χ1v) is 7.65. The number of nitrogens with zero attached hydrogens (tertiary/aromatic N) is 4. The number of amides is 1. The van der Waals surface area contributed by atoms with Crippen LogP contribution >= 0.6 is 0 Å². The van der Waals surface area contributed by atoms with Crippen LogP contribution in [0.2, 0.25) is 0 Å². The summed E-state index contributed by atoms with van der Waals surface area (Å²) in [6.07, 6.45) is 0. The molecular formula is C17H19N5O. The van der Waals surface area contributed by atoms with Crippen LogP contribution in [0.4, 0.5) is 0 Å². The van der Waals surface area contributed by atoms with Crippen molar-refractivity contribution in [2.75, 3.05) is 6.54 Å². The highest BCUT2D eigenvalue weighted by Gasteiger charge is 2.18. The van der Waals surface area contributed by atoms with E-state index in [1.54, 1.807) is 0 Å². The first kappa shape index (κ1) is 15.3. The zero-order valence-corrected chi connectivity index (χ0v) is 13.1. The van der Waals surface area contributed by atoms with Crippen LogP contribution in [0, 0.1) is 11.3 Å². The smallest absolute Gasteiger partial charge is 0.217 e. The van der Waals surface area contributed by atoms with Crippen molar-refractivity contribution in [2.24, 2.45) is 0 Å². The van der Waals surface area contributed by atoms with Crippen molar-refractivity contribution < 1.29 is 4.79 Å². The maximum Gasteiger partial charge on any atom is 0.217 e. The average Bonchev–Trinajstić information content (AvgIpc) is 2.95. The number of nitriles is 1. The summed E-state index contributed by atoms with van der Waals surface area (Å²) in [6.45, 7) is 5.39. The molecule has 1 aliphatic rings. The van der Waals surface area contributed by atoms with E-state index in [1.807, 2.05) is 28.9 Å². The first-order valence-electron chi connectivity index (χ1n) is 7.65. The van der Waals surface area contributed by atoms with Crippen LogP contribution in [0.15, 0.2) is 30.3 Å². The van der Waals surface area contributed by atoms with Crippen LogP contribution in [-0.4, -0.2) is 27.1 Å². The molecule has 1 N–H and O–H groups in total. The van der Waals surface area contributed by atoms with Gasteiger partial charge in [0.05, 0.1) is 36.1 Å². The first-order chi connectivity index (χ1) is 11.1. The molecule has 0 unspecified atom stereocenters. The molecule has 0 aliphatic carbocycles. The van der Waals surface area contributed by atoms with Crippen molar-refractivity contribution >= 4 is 5.91 Å². The van der Waals surface area contributed by atoms with Gasteiger partial charge in [0.25, 0.3) is 0 Å². The van der Waals surface area contributed by atoms with Crippen LogP contribution in [0.5, 0.6) is 0 Å². The number of nitrogens with one attached hydrogen (secondary N) is 1. The van der Waals surface area contributed by atoms with Crippen molar-refractivity contribution in [1.82, 2.24) is 20.0 Å². The highest BCUT2D eigenvalue weighted by atomic mass is 16.1. The lowest BCUT2D eigenvalue weighted by Crippen LogP contribution is -2.33. The Balaban J connectivity index is 1.65. The van der Waals surface area contributed by atoms with E-state index in [2.05, 4.69) is 27.5 Å². The van der Waals surface area contributed by atoms with Gasteiger partial charge in [-0.05, 0) is 23.8 Å². The predicted molar refractivity (Wildman–Crippen MR) is 85.0 cm³/mol. The maximum absolute atomic E-state index is 11.0. The molecule has 1 amide bonds. The lowest BCUT2D eigenvalue weighted by atomic mass is 10.1. The number of rotatable bonds is 4. The van der Waals surface area contributed by atoms with E-state index in [0.29, 0.717) is 12.1 Å². The topological polar surface area (TPSA) is 74.0 Å². The Morgan fingerprint density at radius 1 is 1.39 bits per heavy atom. The number of hydrogen-bond donors (Lipinski definition) is 1. The summed E-state index contributed by atoms with van der Waals surface area (Å²) >= 11 is 0. The highest BCUT2D eigenvalue weighted by Crippen LogP contribution is 2.17.